The highest BCUT2D eigenvalue weighted by molar-refractivity contribution is 6.31. The number of halogens is 4. The molecular formula is C19H19ClF3N3O2. The van der Waals surface area contributed by atoms with Crippen LogP contribution in [0.4, 0.5) is 24.5 Å². The SMILES string of the molecule is Cc1ccc(NC(=O)CN(C)CC(=O)Nc2ccc(Cl)c(C(F)(F)F)c2)cc1. The first-order valence-corrected chi connectivity index (χ1v) is 8.64. The number of nitrogens with one attached hydrogen (secondary N) is 2. The van der Waals surface area contributed by atoms with Crippen LogP contribution in [0, 0.1) is 6.92 Å². The van der Waals surface area contributed by atoms with Crippen molar-refractivity contribution < 1.29 is 22.8 Å². The molecule has 0 fully saturated rings. The smallest absolute Gasteiger partial charge is 0.325 e. The van der Waals surface area contributed by atoms with E-state index in [0.29, 0.717) is 5.69 Å². The Labute approximate surface area is 165 Å². The van der Waals surface area contributed by atoms with Crippen molar-refractivity contribution in [3.05, 3.63) is 58.6 Å². The van der Waals surface area contributed by atoms with Crippen molar-refractivity contribution in [1.82, 2.24) is 4.90 Å². The first kappa shape index (κ1) is 21.7. The molecule has 0 aliphatic rings. The molecule has 0 heterocycles. The standard InChI is InChI=1S/C19H19ClF3N3O2/c1-12-3-5-13(6-4-12)24-17(27)10-26(2)11-18(28)25-14-7-8-16(20)15(9-14)19(21,22)23/h3-9H,10-11H2,1-2H3,(H,24,27)(H,25,28). The van der Waals surface area contributed by atoms with Gasteiger partial charge in [-0.2, -0.15) is 13.2 Å². The molecule has 0 radical (unpaired) electrons. The maximum atomic E-state index is 12.9. The molecule has 0 unspecified atom stereocenters. The van der Waals surface area contributed by atoms with E-state index in [1.54, 1.807) is 19.2 Å². The molecule has 0 aliphatic heterocycles. The maximum absolute atomic E-state index is 12.9. The Hall–Kier alpha value is -2.58. The van der Waals surface area contributed by atoms with Gasteiger partial charge < -0.3 is 10.6 Å². The van der Waals surface area contributed by atoms with Crippen LogP contribution in [0.3, 0.4) is 0 Å². The molecule has 0 spiro atoms. The topological polar surface area (TPSA) is 61.4 Å². The quantitative estimate of drug-likeness (QED) is 0.747. The van der Waals surface area contributed by atoms with Gasteiger partial charge in [0.25, 0.3) is 0 Å². The van der Waals surface area contributed by atoms with Crippen LogP contribution < -0.4 is 10.6 Å². The van der Waals surface area contributed by atoms with Gasteiger partial charge in [0, 0.05) is 11.4 Å². The van der Waals surface area contributed by atoms with Crippen molar-refractivity contribution in [2.75, 3.05) is 30.8 Å². The highest BCUT2D eigenvalue weighted by Crippen LogP contribution is 2.36. The number of alkyl halides is 3. The van der Waals surface area contributed by atoms with Gasteiger partial charge in [0.05, 0.1) is 23.7 Å². The van der Waals surface area contributed by atoms with E-state index in [-0.39, 0.29) is 24.7 Å². The van der Waals surface area contributed by atoms with Gasteiger partial charge in [-0.15, -0.1) is 0 Å². The molecule has 0 bridgehead atoms. The summed E-state index contributed by atoms with van der Waals surface area (Å²) in [4.78, 5) is 25.5. The van der Waals surface area contributed by atoms with Crippen molar-refractivity contribution in [2.24, 2.45) is 0 Å². The predicted molar refractivity (Wildman–Crippen MR) is 102 cm³/mol. The number of carbonyl (C=O) groups is 2. The predicted octanol–water partition coefficient (Wildman–Crippen LogP) is 4.18. The van der Waals surface area contributed by atoms with Crippen molar-refractivity contribution in [1.29, 1.82) is 0 Å². The van der Waals surface area contributed by atoms with E-state index in [1.165, 1.54) is 11.0 Å². The highest BCUT2D eigenvalue weighted by Gasteiger charge is 2.33. The molecule has 0 aliphatic carbocycles. The summed E-state index contributed by atoms with van der Waals surface area (Å²) in [6, 6.07) is 10.3. The van der Waals surface area contributed by atoms with Crippen molar-refractivity contribution in [3.8, 4) is 0 Å². The average molecular weight is 414 g/mol. The Kier molecular flexibility index (Phi) is 7.04. The zero-order valence-electron chi connectivity index (χ0n) is 15.2. The summed E-state index contributed by atoms with van der Waals surface area (Å²) in [5, 5.41) is 4.62. The van der Waals surface area contributed by atoms with Gasteiger partial charge in [0.15, 0.2) is 0 Å². The van der Waals surface area contributed by atoms with Crippen molar-refractivity contribution >= 4 is 34.8 Å². The summed E-state index contributed by atoms with van der Waals surface area (Å²) >= 11 is 5.55. The fourth-order valence-electron chi connectivity index (χ4n) is 2.40. The summed E-state index contributed by atoms with van der Waals surface area (Å²) < 4.78 is 38.6. The Bertz CT molecular complexity index is 854. The van der Waals surface area contributed by atoms with E-state index in [0.717, 1.165) is 17.7 Å². The number of rotatable bonds is 6. The normalized spacial score (nSPS) is 11.4. The second kappa shape index (κ2) is 9.07. The van der Waals surface area contributed by atoms with Gasteiger partial charge in [-0.25, -0.2) is 0 Å². The largest absolute Gasteiger partial charge is 0.417 e. The molecule has 0 saturated heterocycles. The number of hydrogen-bond donors (Lipinski definition) is 2. The zero-order chi connectivity index (χ0) is 20.9. The minimum absolute atomic E-state index is 0.0285. The molecule has 2 N–H and O–H groups in total. The minimum Gasteiger partial charge on any atom is -0.325 e. The maximum Gasteiger partial charge on any atom is 0.417 e. The first-order chi connectivity index (χ1) is 13.0. The van der Waals surface area contributed by atoms with Crippen LogP contribution in [0.5, 0.6) is 0 Å². The fraction of sp³-hybridized carbons (Fsp3) is 0.263. The lowest BCUT2D eigenvalue weighted by Crippen LogP contribution is -2.36. The van der Waals surface area contributed by atoms with E-state index in [1.807, 2.05) is 19.1 Å². The van der Waals surface area contributed by atoms with Crippen LogP contribution in [0.25, 0.3) is 0 Å². The van der Waals surface area contributed by atoms with Gasteiger partial charge >= 0.3 is 6.18 Å². The molecule has 2 aromatic rings. The molecule has 2 rings (SSSR count). The van der Waals surface area contributed by atoms with Crippen LogP contribution in [-0.4, -0.2) is 36.9 Å². The summed E-state index contributed by atoms with van der Waals surface area (Å²) in [6.07, 6.45) is -4.62. The van der Waals surface area contributed by atoms with Gasteiger partial charge in [-0.1, -0.05) is 29.3 Å². The van der Waals surface area contributed by atoms with Crippen molar-refractivity contribution in [3.63, 3.8) is 0 Å². The number of carbonyl (C=O) groups excluding carboxylic acids is 2. The van der Waals surface area contributed by atoms with E-state index in [2.05, 4.69) is 10.6 Å². The molecule has 0 aromatic heterocycles. The molecule has 9 heteroatoms. The van der Waals surface area contributed by atoms with Gasteiger partial charge in [0.1, 0.15) is 0 Å². The molecule has 5 nitrogen and oxygen atoms in total. The van der Waals surface area contributed by atoms with E-state index < -0.39 is 22.7 Å². The second-order valence-electron chi connectivity index (χ2n) is 6.33. The number of amides is 2. The Morgan fingerprint density at radius 1 is 0.964 bits per heavy atom. The summed E-state index contributed by atoms with van der Waals surface area (Å²) in [6.45, 7) is 1.69. The summed E-state index contributed by atoms with van der Waals surface area (Å²) in [5.41, 5.74) is 0.633. The van der Waals surface area contributed by atoms with Crippen LogP contribution >= 0.6 is 11.6 Å². The molecule has 2 amide bonds. The van der Waals surface area contributed by atoms with Gasteiger partial charge in [-0.05, 0) is 44.3 Å². The average Bonchev–Trinajstić information content (AvgIpc) is 2.57. The zero-order valence-corrected chi connectivity index (χ0v) is 16.0. The van der Waals surface area contributed by atoms with Crippen LogP contribution in [-0.2, 0) is 15.8 Å². The third-order valence-electron chi connectivity index (χ3n) is 3.72. The molecule has 2 aromatic carbocycles. The minimum atomic E-state index is -4.62. The number of likely N-dealkylation sites (N-methyl/N-ethyl adjacent to an activating group) is 1. The second-order valence-corrected chi connectivity index (χ2v) is 6.73. The third kappa shape index (κ3) is 6.54. The Balaban J connectivity index is 1.88. The lowest BCUT2D eigenvalue weighted by atomic mass is 10.2. The summed E-state index contributed by atoms with van der Waals surface area (Å²) in [7, 11) is 1.55. The van der Waals surface area contributed by atoms with Gasteiger partial charge in [-0.3, -0.25) is 14.5 Å². The lowest BCUT2D eigenvalue weighted by Gasteiger charge is -2.17. The fourth-order valence-corrected chi connectivity index (χ4v) is 2.63. The number of aryl methyl sites for hydroxylation is 1. The van der Waals surface area contributed by atoms with Crippen molar-refractivity contribution in [2.45, 2.75) is 13.1 Å². The van der Waals surface area contributed by atoms with E-state index in [4.69, 9.17) is 11.6 Å². The molecular weight excluding hydrogens is 395 g/mol. The Morgan fingerprint density at radius 3 is 2.00 bits per heavy atom. The monoisotopic (exact) mass is 413 g/mol. The van der Waals surface area contributed by atoms with Crippen LogP contribution in [0.1, 0.15) is 11.1 Å². The number of benzene rings is 2. The van der Waals surface area contributed by atoms with Gasteiger partial charge in [0.2, 0.25) is 11.8 Å². The van der Waals surface area contributed by atoms with E-state index in [9.17, 15) is 22.8 Å². The number of hydrogen-bond acceptors (Lipinski definition) is 3. The number of nitrogens with zero attached hydrogens (tertiary/aromatic N) is 1. The molecule has 0 atom stereocenters. The summed E-state index contributed by atoms with van der Waals surface area (Å²) in [5.74, 6) is -0.869. The highest BCUT2D eigenvalue weighted by atomic mass is 35.5. The third-order valence-corrected chi connectivity index (χ3v) is 4.05. The number of anilines is 2. The molecule has 28 heavy (non-hydrogen) atoms. The molecule has 0 saturated carbocycles. The first-order valence-electron chi connectivity index (χ1n) is 8.26. The molecule has 150 valence electrons. The lowest BCUT2D eigenvalue weighted by molar-refractivity contribution is -0.137. The van der Waals surface area contributed by atoms with Crippen LogP contribution in [0.15, 0.2) is 42.5 Å². The van der Waals surface area contributed by atoms with E-state index >= 15 is 0 Å². The van der Waals surface area contributed by atoms with Crippen LogP contribution in [0.2, 0.25) is 5.02 Å². The Morgan fingerprint density at radius 2 is 1.46 bits per heavy atom.